The zero-order valence-corrected chi connectivity index (χ0v) is 11.1. The second-order valence-corrected chi connectivity index (χ2v) is 5.09. The van der Waals surface area contributed by atoms with Crippen LogP contribution in [-0.2, 0) is 7.05 Å². The number of thioether (sulfide) groups is 1. The highest BCUT2D eigenvalue weighted by Crippen LogP contribution is 2.16. The fourth-order valence-corrected chi connectivity index (χ4v) is 2.29. The Kier molecular flexibility index (Phi) is 5.24. The van der Waals surface area contributed by atoms with Crippen molar-refractivity contribution in [2.75, 3.05) is 12.4 Å². The molecule has 0 saturated carbocycles. The van der Waals surface area contributed by atoms with Gasteiger partial charge in [0, 0.05) is 24.9 Å². The van der Waals surface area contributed by atoms with E-state index in [4.69, 9.17) is 0 Å². The summed E-state index contributed by atoms with van der Waals surface area (Å²) in [5, 5.41) is 21.5. The molecular formula is C10H20N4OS. The number of aromatic nitrogens is 3. The Morgan fingerprint density at radius 3 is 2.56 bits per heavy atom. The number of nitrogens with one attached hydrogen (secondary N) is 1. The number of hydrogen-bond acceptors (Lipinski definition) is 5. The minimum absolute atomic E-state index is 0.0991. The van der Waals surface area contributed by atoms with Gasteiger partial charge in [-0.2, -0.15) is 0 Å². The minimum atomic E-state index is 0.0991. The third-order valence-corrected chi connectivity index (χ3v) is 3.44. The molecule has 5 nitrogen and oxygen atoms in total. The predicted octanol–water partition coefficient (Wildman–Crippen LogP) is 0.575. The highest BCUT2D eigenvalue weighted by Gasteiger charge is 2.12. The summed E-state index contributed by atoms with van der Waals surface area (Å²) in [5.41, 5.74) is 0. The molecule has 0 spiro atoms. The maximum absolute atomic E-state index is 9.21. The van der Waals surface area contributed by atoms with Gasteiger partial charge in [-0.1, -0.05) is 25.6 Å². The fourth-order valence-electron chi connectivity index (χ4n) is 1.31. The number of aliphatic hydroxyl groups excluding tert-OH is 1. The molecule has 1 aromatic rings. The highest BCUT2D eigenvalue weighted by molar-refractivity contribution is 7.99. The van der Waals surface area contributed by atoms with Gasteiger partial charge in [0.15, 0.2) is 5.16 Å². The van der Waals surface area contributed by atoms with Crippen LogP contribution in [0, 0.1) is 6.92 Å². The Hall–Kier alpha value is -0.590. The molecule has 1 rings (SSSR count). The molecule has 0 aliphatic heterocycles. The van der Waals surface area contributed by atoms with Crippen molar-refractivity contribution >= 4 is 11.8 Å². The largest absolute Gasteiger partial charge is 0.395 e. The highest BCUT2D eigenvalue weighted by atomic mass is 32.2. The van der Waals surface area contributed by atoms with Gasteiger partial charge in [-0.3, -0.25) is 0 Å². The van der Waals surface area contributed by atoms with E-state index in [-0.39, 0.29) is 12.6 Å². The van der Waals surface area contributed by atoms with Crippen LogP contribution in [-0.4, -0.2) is 44.3 Å². The molecule has 1 aromatic heterocycles. The van der Waals surface area contributed by atoms with E-state index in [0.29, 0.717) is 6.04 Å². The number of aryl methyl sites for hydroxylation is 1. The van der Waals surface area contributed by atoms with Crippen LogP contribution in [0.25, 0.3) is 0 Å². The van der Waals surface area contributed by atoms with Crippen molar-refractivity contribution in [2.24, 2.45) is 7.05 Å². The molecule has 0 fully saturated rings. The molecule has 1 atom stereocenters. The molecule has 0 radical (unpaired) electrons. The van der Waals surface area contributed by atoms with Gasteiger partial charge in [0.2, 0.25) is 0 Å². The summed E-state index contributed by atoms with van der Waals surface area (Å²) in [6, 6.07) is 0.473. The van der Waals surface area contributed by atoms with Crippen molar-refractivity contribution in [1.82, 2.24) is 20.1 Å². The Labute approximate surface area is 101 Å². The van der Waals surface area contributed by atoms with Crippen LogP contribution < -0.4 is 5.32 Å². The lowest BCUT2D eigenvalue weighted by Gasteiger charge is -2.18. The van der Waals surface area contributed by atoms with Crippen LogP contribution in [0.5, 0.6) is 0 Å². The fraction of sp³-hybridized carbons (Fsp3) is 0.800. The smallest absolute Gasteiger partial charge is 0.190 e. The van der Waals surface area contributed by atoms with Crippen LogP contribution in [0.15, 0.2) is 5.16 Å². The van der Waals surface area contributed by atoms with E-state index < -0.39 is 0 Å². The third-order valence-electron chi connectivity index (χ3n) is 2.26. The van der Waals surface area contributed by atoms with Crippen molar-refractivity contribution in [1.29, 1.82) is 0 Å². The first kappa shape index (κ1) is 13.5. The van der Waals surface area contributed by atoms with Gasteiger partial charge < -0.3 is 15.0 Å². The van der Waals surface area contributed by atoms with Gasteiger partial charge in [-0.25, -0.2) is 0 Å². The summed E-state index contributed by atoms with van der Waals surface area (Å²) in [5.74, 6) is 1.69. The summed E-state index contributed by atoms with van der Waals surface area (Å²) < 4.78 is 1.95. The molecule has 1 heterocycles. The van der Waals surface area contributed by atoms with Crippen LogP contribution in [0.2, 0.25) is 0 Å². The van der Waals surface area contributed by atoms with Gasteiger partial charge in [-0.15, -0.1) is 10.2 Å². The van der Waals surface area contributed by atoms with E-state index >= 15 is 0 Å². The summed E-state index contributed by atoms with van der Waals surface area (Å²) in [6.07, 6.45) is 0. The zero-order valence-electron chi connectivity index (χ0n) is 10.3. The molecule has 1 unspecified atom stereocenters. The quantitative estimate of drug-likeness (QED) is 0.717. The van der Waals surface area contributed by atoms with Crippen LogP contribution in [0.1, 0.15) is 19.7 Å². The molecule has 0 aromatic carbocycles. The first-order chi connectivity index (χ1) is 7.54. The molecule has 2 N–H and O–H groups in total. The van der Waals surface area contributed by atoms with Crippen molar-refractivity contribution < 1.29 is 5.11 Å². The van der Waals surface area contributed by atoms with Gasteiger partial charge in [0.1, 0.15) is 5.82 Å². The van der Waals surface area contributed by atoms with E-state index in [1.165, 1.54) is 0 Å². The van der Waals surface area contributed by atoms with E-state index in [2.05, 4.69) is 29.4 Å². The van der Waals surface area contributed by atoms with E-state index in [1.54, 1.807) is 11.8 Å². The van der Waals surface area contributed by atoms with Crippen molar-refractivity contribution in [3.05, 3.63) is 5.82 Å². The summed E-state index contributed by atoms with van der Waals surface area (Å²) >= 11 is 1.61. The summed E-state index contributed by atoms with van der Waals surface area (Å²) in [4.78, 5) is 0. The second kappa shape index (κ2) is 6.22. The molecule has 92 valence electrons. The van der Waals surface area contributed by atoms with Crippen LogP contribution >= 0.6 is 11.8 Å². The summed E-state index contributed by atoms with van der Waals surface area (Å²) in [6.45, 7) is 6.20. The van der Waals surface area contributed by atoms with Crippen molar-refractivity contribution in [3.8, 4) is 0 Å². The lowest BCUT2D eigenvalue weighted by atomic mass is 10.3. The normalized spacial score (nSPS) is 13.4. The standard InChI is InChI=1S/C10H20N4OS/c1-7(2)11-9(5-15)6-16-10-13-12-8(3)14(10)4/h7,9,11,15H,5-6H2,1-4H3. The number of aliphatic hydroxyl groups is 1. The second-order valence-electron chi connectivity index (χ2n) is 4.10. The molecule has 0 saturated heterocycles. The van der Waals surface area contributed by atoms with Crippen molar-refractivity contribution in [2.45, 2.75) is 38.0 Å². The van der Waals surface area contributed by atoms with E-state index in [9.17, 15) is 5.11 Å². The monoisotopic (exact) mass is 244 g/mol. The van der Waals surface area contributed by atoms with Gasteiger partial charge in [0.05, 0.1) is 6.61 Å². The Balaban J connectivity index is 2.46. The molecule has 6 heteroatoms. The lowest BCUT2D eigenvalue weighted by Crippen LogP contribution is -2.39. The maximum atomic E-state index is 9.21. The minimum Gasteiger partial charge on any atom is -0.395 e. The molecule has 0 aliphatic carbocycles. The average Bonchev–Trinajstić information content (AvgIpc) is 2.54. The topological polar surface area (TPSA) is 63.0 Å². The maximum Gasteiger partial charge on any atom is 0.190 e. The van der Waals surface area contributed by atoms with E-state index in [1.807, 2.05) is 18.5 Å². The van der Waals surface area contributed by atoms with Gasteiger partial charge in [-0.05, 0) is 6.92 Å². The molecule has 0 aliphatic rings. The lowest BCUT2D eigenvalue weighted by molar-refractivity contribution is 0.247. The van der Waals surface area contributed by atoms with Crippen molar-refractivity contribution in [3.63, 3.8) is 0 Å². The average molecular weight is 244 g/mol. The first-order valence-corrected chi connectivity index (χ1v) is 6.38. The Bertz CT molecular complexity index is 327. The third kappa shape index (κ3) is 3.77. The first-order valence-electron chi connectivity index (χ1n) is 5.40. The molecular weight excluding hydrogens is 224 g/mol. The zero-order chi connectivity index (χ0) is 12.1. The number of hydrogen-bond donors (Lipinski definition) is 2. The van der Waals surface area contributed by atoms with Crippen LogP contribution in [0.4, 0.5) is 0 Å². The SMILES string of the molecule is Cc1nnc(SCC(CO)NC(C)C)n1C. The molecule has 0 bridgehead atoms. The number of nitrogens with zero attached hydrogens (tertiary/aromatic N) is 3. The number of rotatable bonds is 6. The van der Waals surface area contributed by atoms with E-state index in [0.717, 1.165) is 16.7 Å². The van der Waals surface area contributed by atoms with Gasteiger partial charge in [0.25, 0.3) is 0 Å². The summed E-state index contributed by atoms with van der Waals surface area (Å²) in [7, 11) is 1.95. The molecule has 16 heavy (non-hydrogen) atoms. The Morgan fingerprint density at radius 2 is 2.12 bits per heavy atom. The Morgan fingerprint density at radius 1 is 1.44 bits per heavy atom. The molecule has 0 amide bonds. The van der Waals surface area contributed by atoms with Gasteiger partial charge >= 0.3 is 0 Å². The van der Waals surface area contributed by atoms with Crippen LogP contribution in [0.3, 0.4) is 0 Å². The predicted molar refractivity (Wildman–Crippen MR) is 65.6 cm³/mol.